The molecular weight excluding hydrogens is 302 g/mol. The molecule has 0 unspecified atom stereocenters. The second-order valence-corrected chi connectivity index (χ2v) is 6.85. The zero-order chi connectivity index (χ0) is 17.7. The number of hydrogen-bond acceptors (Lipinski definition) is 3. The molecule has 128 valence electrons. The van der Waals surface area contributed by atoms with Crippen LogP contribution in [0, 0.1) is 6.92 Å². The van der Waals surface area contributed by atoms with Crippen LogP contribution in [0.5, 0.6) is 5.75 Å². The molecule has 1 amide bonds. The van der Waals surface area contributed by atoms with Gasteiger partial charge in [-0.2, -0.15) is 0 Å². The van der Waals surface area contributed by atoms with Crippen LogP contribution in [-0.2, 0) is 17.8 Å². The van der Waals surface area contributed by atoms with Gasteiger partial charge in [-0.05, 0) is 43.5 Å². The van der Waals surface area contributed by atoms with Crippen molar-refractivity contribution in [2.45, 2.75) is 39.3 Å². The Kier molecular flexibility index (Phi) is 5.62. The highest BCUT2D eigenvalue weighted by Gasteiger charge is 2.23. The zero-order valence-corrected chi connectivity index (χ0v) is 14.5. The van der Waals surface area contributed by atoms with E-state index in [0.717, 1.165) is 16.7 Å². The van der Waals surface area contributed by atoms with Crippen molar-refractivity contribution in [2.75, 3.05) is 6.54 Å². The summed E-state index contributed by atoms with van der Waals surface area (Å²) in [6.07, 6.45) is 0.191. The van der Waals surface area contributed by atoms with Crippen molar-refractivity contribution in [3.8, 4) is 5.75 Å². The van der Waals surface area contributed by atoms with Crippen molar-refractivity contribution in [3.05, 3.63) is 65.2 Å². The largest absolute Gasteiger partial charge is 0.508 e. The van der Waals surface area contributed by atoms with E-state index in [1.165, 1.54) is 0 Å². The van der Waals surface area contributed by atoms with E-state index in [-0.39, 0.29) is 24.6 Å². The molecule has 4 heteroatoms. The molecule has 0 aliphatic heterocycles. The Morgan fingerprint density at radius 2 is 1.75 bits per heavy atom. The molecule has 0 saturated carbocycles. The van der Waals surface area contributed by atoms with Gasteiger partial charge in [-0.3, -0.25) is 4.79 Å². The van der Waals surface area contributed by atoms with Crippen molar-refractivity contribution in [3.63, 3.8) is 0 Å². The number of aliphatic hydroxyl groups is 1. The molecule has 2 aromatic rings. The molecule has 0 radical (unpaired) electrons. The molecule has 0 spiro atoms. The fourth-order valence-electron chi connectivity index (χ4n) is 2.55. The van der Waals surface area contributed by atoms with Crippen molar-refractivity contribution >= 4 is 5.91 Å². The minimum atomic E-state index is -0.972. The lowest BCUT2D eigenvalue weighted by Crippen LogP contribution is -2.42. The highest BCUT2D eigenvalue weighted by Crippen LogP contribution is 2.19. The number of hydrogen-bond donors (Lipinski definition) is 2. The van der Waals surface area contributed by atoms with E-state index >= 15 is 0 Å². The van der Waals surface area contributed by atoms with Gasteiger partial charge in [0.1, 0.15) is 5.75 Å². The number of phenolic OH excluding ortho intramolecular Hbond substituents is 1. The third kappa shape index (κ3) is 5.39. The predicted molar refractivity (Wildman–Crippen MR) is 94.7 cm³/mol. The SMILES string of the molecule is Cc1ccc(CC(=O)N(Cc2ccccc2)CC(C)(C)O)cc1O. The first kappa shape index (κ1) is 18.0. The number of carbonyl (C=O) groups excluding carboxylic acids is 1. The summed E-state index contributed by atoms with van der Waals surface area (Å²) in [5.41, 5.74) is 1.59. The topological polar surface area (TPSA) is 60.8 Å². The average Bonchev–Trinajstić information content (AvgIpc) is 2.50. The lowest BCUT2D eigenvalue weighted by atomic mass is 10.1. The van der Waals surface area contributed by atoms with Crippen molar-refractivity contribution in [1.29, 1.82) is 0 Å². The highest BCUT2D eigenvalue weighted by atomic mass is 16.3. The first-order valence-electron chi connectivity index (χ1n) is 8.07. The molecular formula is C20H25NO3. The Bertz CT molecular complexity index is 690. The van der Waals surface area contributed by atoms with Gasteiger partial charge in [-0.15, -0.1) is 0 Å². The van der Waals surface area contributed by atoms with Crippen LogP contribution in [0.4, 0.5) is 0 Å². The Labute approximate surface area is 143 Å². The summed E-state index contributed by atoms with van der Waals surface area (Å²) < 4.78 is 0. The number of amides is 1. The van der Waals surface area contributed by atoms with Gasteiger partial charge in [0.2, 0.25) is 5.91 Å². The summed E-state index contributed by atoms with van der Waals surface area (Å²) in [5, 5.41) is 19.9. The van der Waals surface area contributed by atoms with Gasteiger partial charge in [-0.1, -0.05) is 42.5 Å². The van der Waals surface area contributed by atoms with E-state index in [9.17, 15) is 15.0 Å². The fourth-order valence-corrected chi connectivity index (χ4v) is 2.55. The minimum absolute atomic E-state index is 0.0794. The smallest absolute Gasteiger partial charge is 0.227 e. The minimum Gasteiger partial charge on any atom is -0.508 e. The van der Waals surface area contributed by atoms with E-state index in [1.807, 2.05) is 43.3 Å². The van der Waals surface area contributed by atoms with Crippen LogP contribution >= 0.6 is 0 Å². The number of aryl methyl sites for hydroxylation is 1. The van der Waals surface area contributed by atoms with Crippen LogP contribution in [0.15, 0.2) is 48.5 Å². The van der Waals surface area contributed by atoms with Gasteiger partial charge in [-0.25, -0.2) is 0 Å². The van der Waals surface area contributed by atoms with E-state index in [0.29, 0.717) is 6.54 Å². The predicted octanol–water partition coefficient (Wildman–Crippen LogP) is 3.04. The number of carbonyl (C=O) groups is 1. The molecule has 0 saturated heterocycles. The maximum atomic E-state index is 12.7. The van der Waals surface area contributed by atoms with Gasteiger partial charge in [0.05, 0.1) is 12.0 Å². The summed E-state index contributed by atoms with van der Waals surface area (Å²) in [6, 6.07) is 15.0. The number of benzene rings is 2. The lowest BCUT2D eigenvalue weighted by molar-refractivity contribution is -0.134. The lowest BCUT2D eigenvalue weighted by Gasteiger charge is -2.29. The van der Waals surface area contributed by atoms with Crippen LogP contribution in [0.3, 0.4) is 0 Å². The van der Waals surface area contributed by atoms with Crippen LogP contribution in [0.2, 0.25) is 0 Å². The van der Waals surface area contributed by atoms with E-state index in [4.69, 9.17) is 0 Å². The average molecular weight is 327 g/mol. The Balaban J connectivity index is 2.15. The van der Waals surface area contributed by atoms with Gasteiger partial charge >= 0.3 is 0 Å². The summed E-state index contributed by atoms with van der Waals surface area (Å²) in [4.78, 5) is 14.4. The maximum Gasteiger partial charge on any atom is 0.227 e. The zero-order valence-electron chi connectivity index (χ0n) is 14.5. The number of phenols is 1. The molecule has 2 N–H and O–H groups in total. The molecule has 4 nitrogen and oxygen atoms in total. The van der Waals surface area contributed by atoms with Crippen LogP contribution < -0.4 is 0 Å². The van der Waals surface area contributed by atoms with E-state index in [2.05, 4.69) is 0 Å². The third-order valence-corrected chi connectivity index (χ3v) is 3.78. The molecule has 2 aromatic carbocycles. The number of nitrogens with zero attached hydrogens (tertiary/aromatic N) is 1. The third-order valence-electron chi connectivity index (χ3n) is 3.78. The van der Waals surface area contributed by atoms with Crippen LogP contribution in [0.25, 0.3) is 0 Å². The summed E-state index contributed by atoms with van der Waals surface area (Å²) in [6.45, 7) is 5.89. The molecule has 0 aliphatic carbocycles. The molecule has 0 atom stereocenters. The van der Waals surface area contributed by atoms with Crippen molar-refractivity contribution in [2.24, 2.45) is 0 Å². The first-order valence-corrected chi connectivity index (χ1v) is 8.07. The standard InChI is InChI=1S/C20H25NO3/c1-15-9-10-17(11-18(15)22)12-19(23)21(14-20(2,3)24)13-16-7-5-4-6-8-16/h4-11,22,24H,12-14H2,1-3H3. The summed E-state index contributed by atoms with van der Waals surface area (Å²) in [5.74, 6) is 0.113. The van der Waals surface area contributed by atoms with Crippen LogP contribution in [-0.4, -0.2) is 33.2 Å². The molecule has 2 rings (SSSR count). The van der Waals surface area contributed by atoms with Crippen molar-refractivity contribution in [1.82, 2.24) is 4.90 Å². The molecule has 0 bridgehead atoms. The molecule has 24 heavy (non-hydrogen) atoms. The molecule has 0 aromatic heterocycles. The Morgan fingerprint density at radius 3 is 2.33 bits per heavy atom. The van der Waals surface area contributed by atoms with E-state index < -0.39 is 5.60 Å². The van der Waals surface area contributed by atoms with E-state index in [1.54, 1.807) is 30.9 Å². The molecule has 0 fully saturated rings. The van der Waals surface area contributed by atoms with Gasteiger partial charge in [0, 0.05) is 13.1 Å². The molecule has 0 aliphatic rings. The van der Waals surface area contributed by atoms with Gasteiger partial charge in [0.15, 0.2) is 0 Å². The fraction of sp³-hybridized carbons (Fsp3) is 0.350. The normalized spacial score (nSPS) is 11.3. The highest BCUT2D eigenvalue weighted by molar-refractivity contribution is 5.79. The van der Waals surface area contributed by atoms with Gasteiger partial charge < -0.3 is 15.1 Å². The summed E-state index contributed by atoms with van der Waals surface area (Å²) >= 11 is 0. The second-order valence-electron chi connectivity index (χ2n) is 6.85. The first-order chi connectivity index (χ1) is 11.2. The number of rotatable bonds is 6. The van der Waals surface area contributed by atoms with Gasteiger partial charge in [0.25, 0.3) is 0 Å². The van der Waals surface area contributed by atoms with Crippen molar-refractivity contribution < 1.29 is 15.0 Å². The monoisotopic (exact) mass is 327 g/mol. The second kappa shape index (κ2) is 7.49. The molecule has 0 heterocycles. The summed E-state index contributed by atoms with van der Waals surface area (Å²) in [7, 11) is 0. The quantitative estimate of drug-likeness (QED) is 0.857. The number of aromatic hydroxyl groups is 1. The Morgan fingerprint density at radius 1 is 1.08 bits per heavy atom. The maximum absolute atomic E-state index is 12.7. The van der Waals surface area contributed by atoms with Crippen LogP contribution in [0.1, 0.15) is 30.5 Å². The Hall–Kier alpha value is -2.33.